The van der Waals surface area contributed by atoms with Crippen molar-refractivity contribution in [1.82, 2.24) is 0 Å². The fourth-order valence-corrected chi connectivity index (χ4v) is 1.11. The van der Waals surface area contributed by atoms with Crippen LogP contribution in [0.25, 0.3) is 0 Å². The van der Waals surface area contributed by atoms with Crippen LogP contribution in [-0.2, 0) is 0 Å². The van der Waals surface area contributed by atoms with Crippen LogP contribution < -0.4 is 0 Å². The van der Waals surface area contributed by atoms with E-state index in [-0.39, 0.29) is 23.9 Å². The molecule has 1 rings (SSSR count). The second-order valence-electron chi connectivity index (χ2n) is 2.99. The highest BCUT2D eigenvalue weighted by Gasteiger charge is 2.06. The molecule has 1 nitrogen and oxygen atoms in total. The minimum Gasteiger partial charge on any atom is -0.294 e. The molecule has 0 atom stereocenters. The molecule has 0 saturated heterocycles. The van der Waals surface area contributed by atoms with Gasteiger partial charge in [0.15, 0.2) is 5.78 Å². The van der Waals surface area contributed by atoms with Crippen LogP contribution in [0.15, 0.2) is 36.4 Å². The summed E-state index contributed by atoms with van der Waals surface area (Å²) in [6, 6.07) is 5.44. The molecule has 0 N–H and O–H groups in total. The number of rotatable bonds is 4. The Hall–Kier alpha value is -1.15. The second-order valence-corrected chi connectivity index (χ2v) is 3.26. The normalized spacial score (nSPS) is 9.86. The lowest BCUT2D eigenvalue weighted by Gasteiger charge is -2.01. The van der Waals surface area contributed by atoms with Crippen molar-refractivity contribution in [2.24, 2.45) is 0 Å². The van der Waals surface area contributed by atoms with Crippen LogP contribution in [0.1, 0.15) is 16.8 Å². The molecule has 0 aliphatic heterocycles. The van der Waals surface area contributed by atoms with Crippen molar-refractivity contribution in [1.29, 1.82) is 0 Å². The van der Waals surface area contributed by atoms with Crippen LogP contribution in [0.4, 0.5) is 4.39 Å². The summed E-state index contributed by atoms with van der Waals surface area (Å²) in [5.41, 5.74) is 1.15. The molecule has 0 radical (unpaired) electrons. The minimum absolute atomic E-state index is 0.0874. The molecular weight excluding hydrogens is 203 g/mol. The number of halogens is 2. The Morgan fingerprint density at radius 3 is 2.43 bits per heavy atom. The smallest absolute Gasteiger partial charge is 0.166 e. The number of Topliss-reactive ketones (excluding diaryl/α,β-unsaturated/α-hetero) is 1. The van der Waals surface area contributed by atoms with Gasteiger partial charge in [0.1, 0.15) is 5.82 Å². The number of alkyl halides is 1. The predicted octanol–water partition coefficient (Wildman–Crippen LogP) is 3.19. The van der Waals surface area contributed by atoms with Crippen LogP contribution in [0.2, 0.25) is 0 Å². The Morgan fingerprint density at radius 2 is 1.93 bits per heavy atom. The first-order valence-electron chi connectivity index (χ1n) is 4.15. The fourth-order valence-electron chi connectivity index (χ4n) is 1.01. The molecule has 0 spiro atoms. The molecule has 1 aromatic rings. The zero-order valence-corrected chi connectivity index (χ0v) is 8.35. The Bertz CT molecular complexity index is 343. The van der Waals surface area contributed by atoms with Gasteiger partial charge in [0.2, 0.25) is 0 Å². The van der Waals surface area contributed by atoms with Gasteiger partial charge in [0, 0.05) is 17.9 Å². The standard InChI is InChI=1S/C11H10ClFO/c1-8(7-12)6-11(14)9-2-4-10(13)5-3-9/h2-5H,1,6-7H2. The molecule has 3 heteroatoms. The van der Waals surface area contributed by atoms with Gasteiger partial charge >= 0.3 is 0 Å². The molecule has 0 aliphatic rings. The first kappa shape index (κ1) is 10.9. The maximum Gasteiger partial charge on any atom is 0.166 e. The number of carbonyl (C=O) groups excluding carboxylic acids is 1. The minimum atomic E-state index is -0.349. The van der Waals surface area contributed by atoms with Crippen LogP contribution in [0, 0.1) is 5.82 Å². The van der Waals surface area contributed by atoms with E-state index in [0.29, 0.717) is 11.1 Å². The lowest BCUT2D eigenvalue weighted by molar-refractivity contribution is 0.0993. The third kappa shape index (κ3) is 2.96. The molecule has 0 aromatic heterocycles. The van der Waals surface area contributed by atoms with E-state index >= 15 is 0 Å². The first-order valence-corrected chi connectivity index (χ1v) is 4.68. The highest BCUT2D eigenvalue weighted by Crippen LogP contribution is 2.10. The van der Waals surface area contributed by atoms with Crippen LogP contribution in [-0.4, -0.2) is 11.7 Å². The van der Waals surface area contributed by atoms with Crippen molar-refractivity contribution in [3.05, 3.63) is 47.8 Å². The van der Waals surface area contributed by atoms with Gasteiger partial charge in [0.25, 0.3) is 0 Å². The van der Waals surface area contributed by atoms with E-state index in [1.54, 1.807) is 0 Å². The molecular formula is C11H10ClFO. The average molecular weight is 213 g/mol. The summed E-state index contributed by atoms with van der Waals surface area (Å²) in [6.07, 6.45) is 0.217. The molecule has 0 amide bonds. The van der Waals surface area contributed by atoms with Crippen LogP contribution >= 0.6 is 11.6 Å². The van der Waals surface area contributed by atoms with Gasteiger partial charge in [-0.3, -0.25) is 4.79 Å². The molecule has 0 unspecified atom stereocenters. The Labute approximate surface area is 87.2 Å². The van der Waals surface area contributed by atoms with Crippen LogP contribution in [0.3, 0.4) is 0 Å². The van der Waals surface area contributed by atoms with E-state index in [1.807, 2.05) is 0 Å². The number of carbonyl (C=O) groups is 1. The topological polar surface area (TPSA) is 17.1 Å². The summed E-state index contributed by atoms with van der Waals surface area (Å²) in [6.45, 7) is 3.63. The third-order valence-electron chi connectivity index (χ3n) is 1.77. The summed E-state index contributed by atoms with van der Waals surface area (Å²) in [5.74, 6) is -0.166. The lowest BCUT2D eigenvalue weighted by atomic mass is 10.1. The van der Waals surface area contributed by atoms with Crippen molar-refractivity contribution in [2.75, 3.05) is 5.88 Å². The third-order valence-corrected chi connectivity index (χ3v) is 2.14. The van der Waals surface area contributed by atoms with Gasteiger partial charge in [-0.1, -0.05) is 12.2 Å². The van der Waals surface area contributed by atoms with Crippen molar-refractivity contribution >= 4 is 17.4 Å². The van der Waals surface area contributed by atoms with Gasteiger partial charge in [-0.05, 0) is 24.3 Å². The Balaban J connectivity index is 2.70. The molecule has 0 aliphatic carbocycles. The van der Waals surface area contributed by atoms with E-state index < -0.39 is 0 Å². The summed E-state index contributed by atoms with van der Waals surface area (Å²) in [7, 11) is 0. The number of ketones is 1. The quantitative estimate of drug-likeness (QED) is 0.426. The predicted molar refractivity (Wildman–Crippen MR) is 55.2 cm³/mol. The summed E-state index contributed by atoms with van der Waals surface area (Å²) < 4.78 is 12.5. The summed E-state index contributed by atoms with van der Waals surface area (Å²) in [4.78, 5) is 11.5. The van der Waals surface area contributed by atoms with Gasteiger partial charge in [-0.15, -0.1) is 11.6 Å². The van der Waals surface area contributed by atoms with E-state index in [2.05, 4.69) is 6.58 Å². The average Bonchev–Trinajstić information content (AvgIpc) is 2.18. The molecule has 0 heterocycles. The largest absolute Gasteiger partial charge is 0.294 e. The summed E-state index contributed by atoms with van der Waals surface area (Å²) in [5, 5.41) is 0. The maximum atomic E-state index is 12.5. The molecule has 74 valence electrons. The van der Waals surface area contributed by atoms with E-state index in [4.69, 9.17) is 11.6 Å². The highest BCUT2D eigenvalue weighted by atomic mass is 35.5. The number of allylic oxidation sites excluding steroid dienone is 1. The number of benzene rings is 1. The van der Waals surface area contributed by atoms with Gasteiger partial charge in [0.05, 0.1) is 0 Å². The van der Waals surface area contributed by atoms with Gasteiger partial charge in [-0.25, -0.2) is 4.39 Å². The number of hydrogen-bond donors (Lipinski definition) is 0. The maximum absolute atomic E-state index is 12.5. The fraction of sp³-hybridized carbons (Fsp3) is 0.182. The van der Waals surface area contributed by atoms with Crippen molar-refractivity contribution in [2.45, 2.75) is 6.42 Å². The molecule has 14 heavy (non-hydrogen) atoms. The van der Waals surface area contributed by atoms with Crippen molar-refractivity contribution < 1.29 is 9.18 Å². The molecule has 1 aromatic carbocycles. The lowest BCUT2D eigenvalue weighted by Crippen LogP contribution is -2.01. The monoisotopic (exact) mass is 212 g/mol. The van der Waals surface area contributed by atoms with Gasteiger partial charge < -0.3 is 0 Å². The molecule has 0 fully saturated rings. The zero-order chi connectivity index (χ0) is 10.6. The Kier molecular flexibility index (Phi) is 3.84. The SMILES string of the molecule is C=C(CCl)CC(=O)c1ccc(F)cc1. The van der Waals surface area contributed by atoms with Crippen LogP contribution in [0.5, 0.6) is 0 Å². The summed E-state index contributed by atoms with van der Waals surface area (Å²) >= 11 is 5.50. The van der Waals surface area contributed by atoms with E-state index in [9.17, 15) is 9.18 Å². The van der Waals surface area contributed by atoms with E-state index in [0.717, 1.165) is 0 Å². The second kappa shape index (κ2) is 4.91. The Morgan fingerprint density at radius 1 is 1.36 bits per heavy atom. The molecule has 0 bridgehead atoms. The zero-order valence-electron chi connectivity index (χ0n) is 7.59. The first-order chi connectivity index (χ1) is 6.63. The van der Waals surface area contributed by atoms with E-state index in [1.165, 1.54) is 24.3 Å². The van der Waals surface area contributed by atoms with Gasteiger partial charge in [-0.2, -0.15) is 0 Å². The van der Waals surface area contributed by atoms with Crippen molar-refractivity contribution in [3.63, 3.8) is 0 Å². The number of hydrogen-bond acceptors (Lipinski definition) is 1. The molecule has 0 saturated carbocycles. The highest BCUT2D eigenvalue weighted by molar-refractivity contribution is 6.19. The van der Waals surface area contributed by atoms with Crippen molar-refractivity contribution in [3.8, 4) is 0 Å².